The lowest BCUT2D eigenvalue weighted by molar-refractivity contribution is -0.118. The number of amides is 1. The van der Waals surface area contributed by atoms with Crippen LogP contribution in [0.5, 0.6) is 0 Å². The number of nitrogens with one attached hydrogen (secondary N) is 1. The number of carbonyl (C=O) groups is 2. The average molecular weight is 344 g/mol. The molecule has 6 heteroatoms. The maximum Gasteiger partial charge on any atom is 0.337 e. The first-order valence-corrected chi connectivity index (χ1v) is 7.68. The van der Waals surface area contributed by atoms with Crippen LogP contribution in [-0.2, 0) is 4.79 Å². The Kier molecular flexibility index (Phi) is 4.20. The molecule has 1 heterocycles. The minimum atomic E-state index is -1.05. The summed E-state index contributed by atoms with van der Waals surface area (Å²) in [6.45, 7) is 1.90. The Balaban J connectivity index is 2.23. The lowest BCUT2D eigenvalue weighted by Gasteiger charge is -2.22. The molecule has 0 bridgehead atoms. The summed E-state index contributed by atoms with van der Waals surface area (Å²) in [6, 6.07) is 4.81. The Morgan fingerprint density at radius 1 is 1.47 bits per heavy atom. The molecule has 1 unspecified atom stereocenters. The molecule has 1 amide bonds. The number of hydrogen-bond donors (Lipinski definition) is 2. The molecule has 0 aliphatic carbocycles. The number of rotatable bonds is 3. The summed E-state index contributed by atoms with van der Waals surface area (Å²) >= 11 is 4.85. The van der Waals surface area contributed by atoms with Crippen LogP contribution in [0, 0.1) is 0 Å². The first-order valence-electron chi connectivity index (χ1n) is 5.91. The number of aromatic carboxylic acids is 1. The van der Waals surface area contributed by atoms with Crippen molar-refractivity contribution in [1.82, 2.24) is 0 Å². The van der Waals surface area contributed by atoms with Crippen molar-refractivity contribution in [3.05, 3.63) is 28.2 Å². The smallest absolute Gasteiger partial charge is 0.337 e. The summed E-state index contributed by atoms with van der Waals surface area (Å²) in [5.41, 5.74) is 0.434. The predicted octanol–water partition coefficient (Wildman–Crippen LogP) is 3.37. The van der Waals surface area contributed by atoms with Gasteiger partial charge in [-0.25, -0.2) is 4.79 Å². The van der Waals surface area contributed by atoms with Crippen LogP contribution in [0.15, 0.2) is 22.7 Å². The maximum atomic E-state index is 12.3. The molecule has 1 fully saturated rings. The van der Waals surface area contributed by atoms with Gasteiger partial charge in [0.15, 0.2) is 0 Å². The van der Waals surface area contributed by atoms with E-state index in [4.69, 9.17) is 5.11 Å². The molecule has 19 heavy (non-hydrogen) atoms. The second-order valence-corrected chi connectivity index (χ2v) is 7.15. The molecule has 0 spiro atoms. The number of benzene rings is 1. The third-order valence-corrected chi connectivity index (χ3v) is 5.17. The predicted molar refractivity (Wildman–Crippen MR) is 79.8 cm³/mol. The van der Waals surface area contributed by atoms with Crippen LogP contribution >= 0.6 is 27.7 Å². The number of carboxylic acid groups (broad SMARTS) is 1. The van der Waals surface area contributed by atoms with Crippen molar-refractivity contribution >= 4 is 45.3 Å². The van der Waals surface area contributed by atoms with E-state index in [1.54, 1.807) is 23.9 Å². The van der Waals surface area contributed by atoms with Crippen molar-refractivity contribution in [3.8, 4) is 0 Å². The number of thioether (sulfide) groups is 1. The third-order valence-electron chi connectivity index (χ3n) is 3.16. The Labute approximate surface area is 124 Å². The van der Waals surface area contributed by atoms with Crippen LogP contribution in [0.3, 0.4) is 0 Å². The van der Waals surface area contributed by atoms with Crippen molar-refractivity contribution in [2.24, 2.45) is 0 Å². The largest absolute Gasteiger partial charge is 0.478 e. The van der Waals surface area contributed by atoms with Gasteiger partial charge in [0.2, 0.25) is 5.91 Å². The zero-order chi connectivity index (χ0) is 14.0. The van der Waals surface area contributed by atoms with Crippen molar-refractivity contribution in [3.63, 3.8) is 0 Å². The van der Waals surface area contributed by atoms with E-state index in [1.807, 2.05) is 6.92 Å². The Morgan fingerprint density at radius 3 is 2.79 bits per heavy atom. The minimum Gasteiger partial charge on any atom is -0.478 e. The molecule has 102 valence electrons. The second kappa shape index (κ2) is 5.54. The van der Waals surface area contributed by atoms with Gasteiger partial charge >= 0.3 is 5.97 Å². The molecule has 2 rings (SSSR count). The minimum absolute atomic E-state index is 0.0920. The van der Waals surface area contributed by atoms with Crippen molar-refractivity contribution in [2.75, 3.05) is 11.1 Å². The molecule has 0 radical (unpaired) electrons. The van der Waals surface area contributed by atoms with Gasteiger partial charge in [0, 0.05) is 4.47 Å². The number of carboxylic acids is 1. The molecular weight excluding hydrogens is 330 g/mol. The molecule has 4 nitrogen and oxygen atoms in total. The summed E-state index contributed by atoms with van der Waals surface area (Å²) in [5, 5.41) is 11.9. The lowest BCUT2D eigenvalue weighted by Crippen LogP contribution is -2.35. The number of carbonyl (C=O) groups excluding carboxylic acids is 1. The summed E-state index contributed by atoms with van der Waals surface area (Å²) in [7, 11) is 0. The fraction of sp³-hybridized carbons (Fsp3) is 0.385. The van der Waals surface area contributed by atoms with Crippen LogP contribution in [0.2, 0.25) is 0 Å². The fourth-order valence-corrected chi connectivity index (χ4v) is 3.59. The van der Waals surface area contributed by atoms with Gasteiger partial charge in [0.25, 0.3) is 0 Å². The molecule has 1 aliphatic heterocycles. The first-order chi connectivity index (χ1) is 8.92. The Morgan fingerprint density at radius 2 is 2.21 bits per heavy atom. The highest BCUT2D eigenvalue weighted by atomic mass is 79.9. The molecule has 0 aromatic heterocycles. The molecule has 1 aliphatic rings. The number of hydrogen-bond acceptors (Lipinski definition) is 3. The topological polar surface area (TPSA) is 66.4 Å². The summed E-state index contributed by atoms with van der Waals surface area (Å²) in [6.07, 6.45) is 1.84. The Bertz CT molecular complexity index is 527. The number of anilines is 1. The monoisotopic (exact) mass is 343 g/mol. The highest BCUT2D eigenvalue weighted by Gasteiger charge is 2.37. The van der Waals surface area contributed by atoms with Gasteiger partial charge in [-0.2, -0.15) is 0 Å². The van der Waals surface area contributed by atoms with Crippen LogP contribution in [0.25, 0.3) is 0 Å². The van der Waals surface area contributed by atoms with Crippen molar-refractivity contribution < 1.29 is 14.7 Å². The van der Waals surface area contributed by atoms with Crippen LogP contribution in [0.1, 0.15) is 30.1 Å². The van der Waals surface area contributed by atoms with Gasteiger partial charge in [0.1, 0.15) is 0 Å². The van der Waals surface area contributed by atoms with E-state index in [-0.39, 0.29) is 11.5 Å². The SMILES string of the molecule is CC1(C(=O)Nc2ccc(Br)cc2C(=O)O)CCCS1. The molecule has 1 atom stereocenters. The van der Waals surface area contributed by atoms with Gasteiger partial charge in [-0.05, 0) is 43.7 Å². The van der Waals surface area contributed by atoms with E-state index >= 15 is 0 Å². The third kappa shape index (κ3) is 3.12. The Hall–Kier alpha value is -1.01. The fourth-order valence-electron chi connectivity index (χ4n) is 2.02. The summed E-state index contributed by atoms with van der Waals surface area (Å²) < 4.78 is 0.215. The van der Waals surface area contributed by atoms with E-state index in [0.29, 0.717) is 10.2 Å². The van der Waals surface area contributed by atoms with Crippen LogP contribution in [-0.4, -0.2) is 27.5 Å². The lowest BCUT2D eigenvalue weighted by atomic mass is 10.0. The highest BCUT2D eigenvalue weighted by Crippen LogP contribution is 2.38. The van der Waals surface area contributed by atoms with Crippen LogP contribution < -0.4 is 5.32 Å². The van der Waals surface area contributed by atoms with E-state index in [2.05, 4.69) is 21.2 Å². The maximum absolute atomic E-state index is 12.3. The highest BCUT2D eigenvalue weighted by molar-refractivity contribution is 9.10. The van der Waals surface area contributed by atoms with Crippen molar-refractivity contribution in [2.45, 2.75) is 24.5 Å². The van der Waals surface area contributed by atoms with E-state index < -0.39 is 10.7 Å². The zero-order valence-electron chi connectivity index (χ0n) is 10.4. The first kappa shape index (κ1) is 14.4. The van der Waals surface area contributed by atoms with Crippen molar-refractivity contribution in [1.29, 1.82) is 0 Å². The van der Waals surface area contributed by atoms with Gasteiger partial charge in [0.05, 0.1) is 16.0 Å². The molecule has 0 saturated carbocycles. The van der Waals surface area contributed by atoms with Crippen LogP contribution in [0.4, 0.5) is 5.69 Å². The average Bonchev–Trinajstić information content (AvgIpc) is 2.79. The molecule has 1 saturated heterocycles. The quantitative estimate of drug-likeness (QED) is 0.882. The zero-order valence-corrected chi connectivity index (χ0v) is 12.8. The van der Waals surface area contributed by atoms with Gasteiger partial charge < -0.3 is 10.4 Å². The van der Waals surface area contributed by atoms with E-state index in [9.17, 15) is 9.59 Å². The molecule has 2 N–H and O–H groups in total. The van der Waals surface area contributed by atoms with E-state index in [0.717, 1.165) is 18.6 Å². The molecular formula is C13H14BrNO3S. The van der Waals surface area contributed by atoms with Gasteiger partial charge in [-0.1, -0.05) is 15.9 Å². The standard InChI is InChI=1S/C13H14BrNO3S/c1-13(5-2-6-19-13)12(18)15-10-4-3-8(14)7-9(10)11(16)17/h3-4,7H,2,5-6H2,1H3,(H,15,18)(H,16,17). The second-order valence-electron chi connectivity index (χ2n) is 4.63. The summed E-state index contributed by atoms with van der Waals surface area (Å²) in [5.74, 6) is -0.212. The molecule has 1 aromatic rings. The normalized spacial score (nSPS) is 22.2. The van der Waals surface area contributed by atoms with Gasteiger partial charge in [-0.3, -0.25) is 4.79 Å². The van der Waals surface area contributed by atoms with E-state index in [1.165, 1.54) is 6.07 Å². The molecule has 1 aromatic carbocycles. The van der Waals surface area contributed by atoms with Gasteiger partial charge in [-0.15, -0.1) is 11.8 Å². The summed E-state index contributed by atoms with van der Waals surface area (Å²) in [4.78, 5) is 23.4. The number of halogens is 1.